The smallest absolute Gasteiger partial charge is 0.123 e. The fourth-order valence-electron chi connectivity index (χ4n) is 3.11. The van der Waals surface area contributed by atoms with Gasteiger partial charge in [-0.15, -0.1) is 0 Å². The Labute approximate surface area is 142 Å². The second-order valence-electron chi connectivity index (χ2n) is 6.47. The summed E-state index contributed by atoms with van der Waals surface area (Å²) in [6, 6.07) is 20.6. The normalized spacial score (nSPS) is 14.0. The molecular weight excluding hydrogens is 301 g/mol. The molecule has 2 unspecified atom stereocenters. The van der Waals surface area contributed by atoms with E-state index in [4.69, 9.17) is 0 Å². The number of benzene rings is 3. The van der Waals surface area contributed by atoms with Crippen LogP contribution in [0.4, 0.5) is 4.39 Å². The molecule has 0 spiro atoms. The van der Waals surface area contributed by atoms with E-state index >= 15 is 0 Å². The third-order valence-corrected chi connectivity index (χ3v) is 4.36. The number of likely N-dealkylation sites (N-methyl/N-ethyl adjacent to an activating group) is 1. The molecule has 124 valence electrons. The monoisotopic (exact) mass is 323 g/mol. The molecule has 0 aliphatic heterocycles. The minimum atomic E-state index is -0.686. The molecular formula is C21H22FNO. The number of aliphatic hydroxyl groups excluding tert-OH is 1. The summed E-state index contributed by atoms with van der Waals surface area (Å²) in [6.07, 6.45) is -0.686. The Morgan fingerprint density at radius 1 is 0.875 bits per heavy atom. The molecule has 0 aliphatic rings. The molecule has 2 nitrogen and oxygen atoms in total. The quantitative estimate of drug-likeness (QED) is 0.754. The summed E-state index contributed by atoms with van der Waals surface area (Å²) in [5.41, 5.74) is 1.82. The first-order valence-electron chi connectivity index (χ1n) is 8.11. The number of fused-ring (bicyclic) bond motifs is 1. The van der Waals surface area contributed by atoms with Gasteiger partial charge in [-0.05, 0) is 48.1 Å². The van der Waals surface area contributed by atoms with Crippen LogP contribution < -0.4 is 0 Å². The van der Waals surface area contributed by atoms with Crippen molar-refractivity contribution in [1.29, 1.82) is 0 Å². The predicted octanol–water partition coefficient (Wildman–Crippen LogP) is 4.36. The van der Waals surface area contributed by atoms with Crippen LogP contribution >= 0.6 is 0 Å². The van der Waals surface area contributed by atoms with Gasteiger partial charge in [0.1, 0.15) is 5.82 Å². The zero-order valence-corrected chi connectivity index (χ0v) is 14.0. The lowest BCUT2D eigenvalue weighted by Crippen LogP contribution is -2.25. The Balaban J connectivity index is 1.99. The van der Waals surface area contributed by atoms with Crippen molar-refractivity contribution >= 4 is 10.8 Å². The number of aliphatic hydroxyl groups is 1. The molecule has 1 N–H and O–H groups in total. The van der Waals surface area contributed by atoms with E-state index in [0.29, 0.717) is 6.54 Å². The Kier molecular flexibility index (Phi) is 4.93. The fourth-order valence-corrected chi connectivity index (χ4v) is 3.11. The van der Waals surface area contributed by atoms with Gasteiger partial charge >= 0.3 is 0 Å². The number of rotatable bonds is 5. The summed E-state index contributed by atoms with van der Waals surface area (Å²) in [7, 11) is 3.98. The Hall–Kier alpha value is -2.23. The summed E-state index contributed by atoms with van der Waals surface area (Å²) < 4.78 is 13.2. The molecule has 0 aromatic heterocycles. The zero-order valence-electron chi connectivity index (χ0n) is 14.0. The first-order valence-corrected chi connectivity index (χ1v) is 8.11. The molecule has 3 aromatic rings. The van der Waals surface area contributed by atoms with E-state index in [0.717, 1.165) is 16.5 Å². The molecule has 0 fully saturated rings. The van der Waals surface area contributed by atoms with Crippen LogP contribution in [0, 0.1) is 5.82 Å². The van der Waals surface area contributed by atoms with Crippen LogP contribution in [0.15, 0.2) is 66.7 Å². The summed E-state index contributed by atoms with van der Waals surface area (Å²) in [4.78, 5) is 2.06. The molecule has 0 heterocycles. The van der Waals surface area contributed by atoms with Gasteiger partial charge in [0.2, 0.25) is 0 Å². The van der Waals surface area contributed by atoms with Crippen molar-refractivity contribution in [3.05, 3.63) is 83.7 Å². The number of nitrogens with zero attached hydrogens (tertiary/aromatic N) is 1. The predicted molar refractivity (Wildman–Crippen MR) is 96.6 cm³/mol. The molecule has 0 saturated carbocycles. The number of hydrogen-bond acceptors (Lipinski definition) is 2. The number of halogens is 1. The fraction of sp³-hybridized carbons (Fsp3) is 0.238. The van der Waals surface area contributed by atoms with E-state index in [2.05, 4.69) is 35.2 Å². The first-order chi connectivity index (χ1) is 11.5. The molecule has 24 heavy (non-hydrogen) atoms. The maximum absolute atomic E-state index is 13.2. The Morgan fingerprint density at radius 2 is 1.50 bits per heavy atom. The summed E-state index contributed by atoms with van der Waals surface area (Å²) in [6.45, 7) is 0.705. The second kappa shape index (κ2) is 7.12. The zero-order chi connectivity index (χ0) is 17.1. The van der Waals surface area contributed by atoms with Crippen molar-refractivity contribution in [1.82, 2.24) is 4.90 Å². The van der Waals surface area contributed by atoms with Crippen LogP contribution in [0.25, 0.3) is 10.8 Å². The van der Waals surface area contributed by atoms with Crippen molar-refractivity contribution in [3.63, 3.8) is 0 Å². The van der Waals surface area contributed by atoms with Crippen molar-refractivity contribution < 1.29 is 9.50 Å². The van der Waals surface area contributed by atoms with Crippen LogP contribution in [-0.2, 0) is 0 Å². The topological polar surface area (TPSA) is 23.5 Å². The van der Waals surface area contributed by atoms with E-state index in [1.165, 1.54) is 17.5 Å². The van der Waals surface area contributed by atoms with Gasteiger partial charge in [-0.2, -0.15) is 0 Å². The highest BCUT2D eigenvalue weighted by Gasteiger charge is 2.23. The summed E-state index contributed by atoms with van der Waals surface area (Å²) in [5, 5.41) is 13.2. The van der Waals surface area contributed by atoms with Gasteiger partial charge in [-0.1, -0.05) is 54.6 Å². The van der Waals surface area contributed by atoms with Gasteiger partial charge in [0, 0.05) is 12.5 Å². The van der Waals surface area contributed by atoms with Gasteiger partial charge in [-0.3, -0.25) is 0 Å². The van der Waals surface area contributed by atoms with Gasteiger partial charge in [0.25, 0.3) is 0 Å². The lowest BCUT2D eigenvalue weighted by atomic mass is 9.87. The SMILES string of the molecule is CN(C)CC(c1ccc2ccccc2c1)C(O)c1ccc(F)cc1. The van der Waals surface area contributed by atoms with Crippen molar-refractivity contribution in [2.75, 3.05) is 20.6 Å². The largest absolute Gasteiger partial charge is 0.388 e. The van der Waals surface area contributed by atoms with Gasteiger partial charge in [0.15, 0.2) is 0 Å². The third-order valence-electron chi connectivity index (χ3n) is 4.36. The van der Waals surface area contributed by atoms with Gasteiger partial charge in [-0.25, -0.2) is 4.39 Å². The van der Waals surface area contributed by atoms with Gasteiger partial charge in [0.05, 0.1) is 6.10 Å². The molecule has 3 rings (SSSR count). The van der Waals surface area contributed by atoms with Crippen molar-refractivity contribution in [2.45, 2.75) is 12.0 Å². The average molecular weight is 323 g/mol. The van der Waals surface area contributed by atoms with E-state index in [-0.39, 0.29) is 11.7 Å². The minimum Gasteiger partial charge on any atom is -0.388 e. The van der Waals surface area contributed by atoms with Crippen LogP contribution in [0.5, 0.6) is 0 Å². The molecule has 3 heteroatoms. The third kappa shape index (κ3) is 3.64. The molecule has 0 bridgehead atoms. The van der Waals surface area contributed by atoms with Gasteiger partial charge < -0.3 is 10.0 Å². The van der Waals surface area contributed by atoms with Crippen LogP contribution in [0.1, 0.15) is 23.1 Å². The molecule has 3 aromatic carbocycles. The maximum Gasteiger partial charge on any atom is 0.123 e. The standard InChI is InChI=1S/C21H22FNO/c1-23(2)14-20(21(24)16-9-11-19(22)12-10-16)18-8-7-15-5-3-4-6-17(15)13-18/h3-13,20-21,24H,14H2,1-2H3. The molecule has 0 radical (unpaired) electrons. The van der Waals surface area contributed by atoms with E-state index in [1.807, 2.05) is 26.2 Å². The Bertz CT molecular complexity index is 813. The van der Waals surface area contributed by atoms with E-state index in [9.17, 15) is 9.50 Å². The molecule has 2 atom stereocenters. The first kappa shape index (κ1) is 16.6. The summed E-state index contributed by atoms with van der Waals surface area (Å²) in [5.74, 6) is -0.379. The maximum atomic E-state index is 13.2. The lowest BCUT2D eigenvalue weighted by Gasteiger charge is -2.27. The highest BCUT2D eigenvalue weighted by Crippen LogP contribution is 2.33. The summed E-state index contributed by atoms with van der Waals surface area (Å²) >= 11 is 0. The lowest BCUT2D eigenvalue weighted by molar-refractivity contribution is 0.128. The van der Waals surface area contributed by atoms with Crippen LogP contribution in [0.2, 0.25) is 0 Å². The molecule has 0 saturated heterocycles. The average Bonchev–Trinajstić information content (AvgIpc) is 2.59. The van der Waals surface area contributed by atoms with Crippen LogP contribution in [0.3, 0.4) is 0 Å². The Morgan fingerprint density at radius 3 is 2.17 bits per heavy atom. The minimum absolute atomic E-state index is 0.0879. The van der Waals surface area contributed by atoms with E-state index < -0.39 is 6.10 Å². The second-order valence-corrected chi connectivity index (χ2v) is 6.47. The van der Waals surface area contributed by atoms with E-state index in [1.54, 1.807) is 12.1 Å². The van der Waals surface area contributed by atoms with Crippen molar-refractivity contribution in [2.24, 2.45) is 0 Å². The highest BCUT2D eigenvalue weighted by molar-refractivity contribution is 5.83. The van der Waals surface area contributed by atoms with Crippen LogP contribution in [-0.4, -0.2) is 30.6 Å². The highest BCUT2D eigenvalue weighted by atomic mass is 19.1. The molecule has 0 aliphatic carbocycles. The molecule has 0 amide bonds. The van der Waals surface area contributed by atoms with Crippen molar-refractivity contribution in [3.8, 4) is 0 Å². The number of hydrogen-bond donors (Lipinski definition) is 1.